The van der Waals surface area contributed by atoms with E-state index in [1.54, 1.807) is 16.8 Å². The Labute approximate surface area is 158 Å². The van der Waals surface area contributed by atoms with Crippen LogP contribution in [-0.4, -0.2) is 21.3 Å². The first-order valence-corrected chi connectivity index (χ1v) is 9.69. The fourth-order valence-electron chi connectivity index (χ4n) is 3.37. The van der Waals surface area contributed by atoms with Crippen LogP contribution in [0.3, 0.4) is 0 Å². The van der Waals surface area contributed by atoms with Crippen LogP contribution in [0.4, 0.5) is 13.2 Å². The quantitative estimate of drug-likeness (QED) is 0.669. The first-order chi connectivity index (χ1) is 12.9. The Kier molecular flexibility index (Phi) is 4.67. The summed E-state index contributed by atoms with van der Waals surface area (Å²) in [6.07, 6.45) is 4.62. The molecule has 1 saturated carbocycles. The molecular weight excluding hydrogens is 375 g/mol. The molecule has 1 N–H and O–H groups in total. The molecule has 0 bridgehead atoms. The number of fused-ring (bicyclic) bond motifs is 1. The van der Waals surface area contributed by atoms with Gasteiger partial charge in [0, 0.05) is 18.4 Å². The van der Waals surface area contributed by atoms with Crippen molar-refractivity contribution < 1.29 is 18.0 Å². The van der Waals surface area contributed by atoms with Crippen LogP contribution >= 0.6 is 11.3 Å². The number of benzene rings is 1. The van der Waals surface area contributed by atoms with Crippen molar-refractivity contribution >= 4 is 22.2 Å². The number of hydrogen-bond donors (Lipinski definition) is 1. The maximum atomic E-state index is 12.7. The van der Waals surface area contributed by atoms with Gasteiger partial charge in [-0.25, -0.2) is 4.98 Å². The molecule has 1 aliphatic carbocycles. The molecule has 142 valence electrons. The number of hydrogen-bond acceptors (Lipinski definition) is 3. The molecule has 0 saturated heterocycles. The zero-order chi connectivity index (χ0) is 19.0. The molecule has 8 heteroatoms. The van der Waals surface area contributed by atoms with Gasteiger partial charge in [-0.3, -0.25) is 9.20 Å². The predicted octanol–water partition coefficient (Wildman–Crippen LogP) is 5.14. The molecule has 1 amide bonds. The minimum Gasteiger partial charge on any atom is -0.348 e. The fourth-order valence-corrected chi connectivity index (χ4v) is 4.34. The second-order valence-corrected chi connectivity index (χ2v) is 7.80. The van der Waals surface area contributed by atoms with Crippen molar-refractivity contribution in [1.29, 1.82) is 0 Å². The summed E-state index contributed by atoms with van der Waals surface area (Å²) >= 11 is 1.34. The monoisotopic (exact) mass is 393 g/mol. The minimum atomic E-state index is -4.34. The van der Waals surface area contributed by atoms with E-state index in [2.05, 4.69) is 10.3 Å². The molecule has 1 fully saturated rings. The molecule has 2 heterocycles. The third-order valence-corrected chi connectivity index (χ3v) is 5.87. The summed E-state index contributed by atoms with van der Waals surface area (Å²) in [6, 6.07) is 5.26. The van der Waals surface area contributed by atoms with E-state index in [4.69, 9.17) is 0 Å². The fraction of sp³-hybridized carbons (Fsp3) is 0.368. The molecule has 0 spiro atoms. The summed E-state index contributed by atoms with van der Waals surface area (Å²) in [7, 11) is 0. The van der Waals surface area contributed by atoms with Crippen LogP contribution in [0.2, 0.25) is 0 Å². The molecule has 2 aromatic heterocycles. The van der Waals surface area contributed by atoms with Gasteiger partial charge in [0.1, 0.15) is 5.69 Å². The van der Waals surface area contributed by atoms with Crippen LogP contribution in [0.1, 0.15) is 48.2 Å². The average molecular weight is 393 g/mol. The van der Waals surface area contributed by atoms with Gasteiger partial charge in [0.05, 0.1) is 10.4 Å². The number of alkyl halides is 3. The van der Waals surface area contributed by atoms with Crippen molar-refractivity contribution in [3.8, 4) is 10.4 Å². The molecule has 0 unspecified atom stereocenters. The van der Waals surface area contributed by atoms with Gasteiger partial charge >= 0.3 is 6.18 Å². The lowest BCUT2D eigenvalue weighted by Gasteiger charge is -2.22. The Bertz CT molecular complexity index is 921. The van der Waals surface area contributed by atoms with Crippen LogP contribution in [-0.2, 0) is 6.18 Å². The van der Waals surface area contributed by atoms with E-state index in [-0.39, 0.29) is 11.9 Å². The number of amides is 1. The molecular formula is C19H18F3N3OS. The number of carbonyl (C=O) groups excluding carboxylic acids is 1. The van der Waals surface area contributed by atoms with E-state index < -0.39 is 11.7 Å². The second-order valence-electron chi connectivity index (χ2n) is 6.79. The van der Waals surface area contributed by atoms with Gasteiger partial charge < -0.3 is 5.32 Å². The standard InChI is InChI=1S/C19H18F3N3OS/c20-19(21,22)13-8-6-12(7-9-13)16-11-25-10-15(24-18(25)27-16)17(26)23-14-4-2-1-3-5-14/h6-11,14H,1-5H2,(H,23,26). The van der Waals surface area contributed by atoms with Gasteiger partial charge in [-0.1, -0.05) is 42.7 Å². The van der Waals surface area contributed by atoms with Crippen molar-refractivity contribution in [3.05, 3.63) is 47.9 Å². The van der Waals surface area contributed by atoms with Crippen molar-refractivity contribution in [1.82, 2.24) is 14.7 Å². The first kappa shape index (κ1) is 18.0. The smallest absolute Gasteiger partial charge is 0.348 e. The highest BCUT2D eigenvalue weighted by atomic mass is 32.1. The molecule has 0 atom stereocenters. The third kappa shape index (κ3) is 3.85. The maximum absolute atomic E-state index is 12.7. The average Bonchev–Trinajstić information content (AvgIpc) is 3.21. The zero-order valence-electron chi connectivity index (χ0n) is 14.4. The number of imidazole rings is 1. The first-order valence-electron chi connectivity index (χ1n) is 8.87. The molecule has 4 rings (SSSR count). The highest BCUT2D eigenvalue weighted by Crippen LogP contribution is 2.33. The van der Waals surface area contributed by atoms with Gasteiger partial charge in [0.15, 0.2) is 4.96 Å². The number of nitrogens with one attached hydrogen (secondary N) is 1. The Hall–Kier alpha value is -2.35. The molecule has 0 aliphatic heterocycles. The van der Waals surface area contributed by atoms with E-state index in [1.807, 2.05) is 0 Å². The van der Waals surface area contributed by atoms with E-state index in [0.29, 0.717) is 16.2 Å². The summed E-state index contributed by atoms with van der Waals surface area (Å²) in [4.78, 5) is 18.2. The Morgan fingerprint density at radius 2 is 1.81 bits per heavy atom. The maximum Gasteiger partial charge on any atom is 0.416 e. The molecule has 1 aliphatic rings. The number of aromatic nitrogens is 2. The second kappa shape index (κ2) is 6.99. The van der Waals surface area contributed by atoms with Crippen molar-refractivity contribution in [2.75, 3.05) is 0 Å². The van der Waals surface area contributed by atoms with Gasteiger partial charge in [-0.15, -0.1) is 0 Å². The topological polar surface area (TPSA) is 46.4 Å². The lowest BCUT2D eigenvalue weighted by atomic mass is 9.95. The normalized spacial score (nSPS) is 16.0. The highest BCUT2D eigenvalue weighted by molar-refractivity contribution is 7.20. The Morgan fingerprint density at radius 3 is 2.44 bits per heavy atom. The summed E-state index contributed by atoms with van der Waals surface area (Å²) in [6.45, 7) is 0. The van der Waals surface area contributed by atoms with Crippen LogP contribution in [0.15, 0.2) is 36.7 Å². The van der Waals surface area contributed by atoms with Crippen molar-refractivity contribution in [3.63, 3.8) is 0 Å². The van der Waals surface area contributed by atoms with Crippen LogP contribution < -0.4 is 5.32 Å². The molecule has 3 aromatic rings. The summed E-state index contributed by atoms with van der Waals surface area (Å²) in [5.41, 5.74) is 0.381. The van der Waals surface area contributed by atoms with Gasteiger partial charge in [-0.2, -0.15) is 13.2 Å². The summed E-state index contributed by atoms with van der Waals surface area (Å²) in [5.74, 6) is -0.172. The minimum absolute atomic E-state index is 0.172. The largest absolute Gasteiger partial charge is 0.416 e. The van der Waals surface area contributed by atoms with Gasteiger partial charge in [0.25, 0.3) is 5.91 Å². The van der Waals surface area contributed by atoms with E-state index >= 15 is 0 Å². The third-order valence-electron chi connectivity index (χ3n) is 4.83. The Morgan fingerprint density at radius 1 is 1.11 bits per heavy atom. The van der Waals surface area contributed by atoms with E-state index in [9.17, 15) is 18.0 Å². The van der Waals surface area contributed by atoms with Crippen molar-refractivity contribution in [2.45, 2.75) is 44.3 Å². The lowest BCUT2D eigenvalue weighted by Crippen LogP contribution is -2.36. The molecule has 0 radical (unpaired) electrons. The lowest BCUT2D eigenvalue weighted by molar-refractivity contribution is -0.137. The Balaban J connectivity index is 1.51. The van der Waals surface area contributed by atoms with E-state index in [1.165, 1.54) is 29.9 Å². The number of thiazole rings is 1. The highest BCUT2D eigenvalue weighted by Gasteiger charge is 2.30. The van der Waals surface area contributed by atoms with Gasteiger partial charge in [0.2, 0.25) is 0 Å². The number of rotatable bonds is 3. The molecule has 27 heavy (non-hydrogen) atoms. The van der Waals surface area contributed by atoms with Crippen LogP contribution in [0.25, 0.3) is 15.4 Å². The predicted molar refractivity (Wildman–Crippen MR) is 97.8 cm³/mol. The van der Waals surface area contributed by atoms with Crippen molar-refractivity contribution in [2.24, 2.45) is 0 Å². The number of halogens is 3. The molecule has 4 nitrogen and oxygen atoms in total. The summed E-state index contributed by atoms with van der Waals surface area (Å²) in [5, 5.41) is 3.04. The molecule has 1 aromatic carbocycles. The number of carbonyl (C=O) groups is 1. The zero-order valence-corrected chi connectivity index (χ0v) is 15.2. The SMILES string of the molecule is O=C(NC1CCCCC1)c1cn2cc(-c3ccc(C(F)(F)F)cc3)sc2n1. The van der Waals surface area contributed by atoms with E-state index in [0.717, 1.165) is 42.7 Å². The van der Waals surface area contributed by atoms with Gasteiger partial charge in [-0.05, 0) is 30.5 Å². The number of nitrogens with zero attached hydrogens (tertiary/aromatic N) is 2. The van der Waals surface area contributed by atoms with Crippen LogP contribution in [0.5, 0.6) is 0 Å². The summed E-state index contributed by atoms with van der Waals surface area (Å²) < 4.78 is 39.8. The van der Waals surface area contributed by atoms with Crippen LogP contribution in [0, 0.1) is 0 Å².